The molecule has 1 unspecified atom stereocenters. The van der Waals surface area contributed by atoms with Gasteiger partial charge in [-0.15, -0.1) is 10.2 Å². The van der Waals surface area contributed by atoms with Crippen LogP contribution >= 0.6 is 0 Å². The molecule has 6 N–H and O–H groups in total. The van der Waals surface area contributed by atoms with Crippen molar-refractivity contribution in [3.8, 4) is 0 Å². The van der Waals surface area contributed by atoms with Crippen LogP contribution in [-0.2, 0) is 0 Å². The predicted octanol–water partition coefficient (Wildman–Crippen LogP) is 0.0431. The third kappa shape index (κ3) is 2.99. The first-order chi connectivity index (χ1) is 7.74. The van der Waals surface area contributed by atoms with Crippen LogP contribution in [0.5, 0.6) is 0 Å². The van der Waals surface area contributed by atoms with Crippen LogP contribution in [0.3, 0.4) is 0 Å². The summed E-state index contributed by atoms with van der Waals surface area (Å²) in [6.45, 7) is 4.70. The van der Waals surface area contributed by atoms with Crippen LogP contribution in [-0.4, -0.2) is 16.8 Å². The van der Waals surface area contributed by atoms with Gasteiger partial charge in [0.2, 0.25) is 0 Å². The Morgan fingerprint density at radius 1 is 1.19 bits per heavy atom. The molecule has 0 saturated heterocycles. The van der Waals surface area contributed by atoms with E-state index in [1.54, 1.807) is 10.2 Å². The van der Waals surface area contributed by atoms with E-state index in [2.05, 4.69) is 11.1 Å². The highest BCUT2D eigenvalue weighted by atomic mass is 16.0. The van der Waals surface area contributed by atoms with Crippen LogP contribution in [0, 0.1) is 0 Å². The van der Waals surface area contributed by atoms with E-state index in [0.29, 0.717) is 6.54 Å². The molecule has 0 amide bonds. The van der Waals surface area contributed by atoms with E-state index < -0.39 is 0 Å². The van der Waals surface area contributed by atoms with E-state index in [4.69, 9.17) is 11.7 Å². The summed E-state index contributed by atoms with van der Waals surface area (Å²) < 4.78 is 0. The normalized spacial score (nSPS) is 13.4. The molecule has 16 heavy (non-hydrogen) atoms. The van der Waals surface area contributed by atoms with Gasteiger partial charge >= 0.3 is 0 Å². The summed E-state index contributed by atoms with van der Waals surface area (Å²) in [5.41, 5.74) is 6.34. The molecule has 1 aromatic carbocycles. The van der Waals surface area contributed by atoms with Crippen molar-refractivity contribution in [2.24, 2.45) is 11.7 Å². The van der Waals surface area contributed by atoms with E-state index in [1.807, 2.05) is 44.2 Å². The lowest BCUT2D eigenvalue weighted by atomic mass is 10.1. The van der Waals surface area contributed by atoms with Crippen LogP contribution in [0.4, 0.5) is 0 Å². The summed E-state index contributed by atoms with van der Waals surface area (Å²) in [4.78, 5) is 0. The van der Waals surface area contributed by atoms with Crippen molar-refractivity contribution in [2.45, 2.75) is 19.9 Å². The highest BCUT2D eigenvalue weighted by Gasteiger charge is 2.19. The molecule has 6 heteroatoms. The lowest BCUT2D eigenvalue weighted by Crippen LogP contribution is -2.61. The van der Waals surface area contributed by atoms with Crippen LogP contribution in [0.15, 0.2) is 30.3 Å². The first kappa shape index (κ1) is 13.0. The quantitative estimate of drug-likeness (QED) is 0.403. The molecule has 0 aliphatic carbocycles. The Morgan fingerprint density at radius 3 is 2.25 bits per heavy atom. The number of hydrogen-bond acceptors (Lipinski definition) is 6. The van der Waals surface area contributed by atoms with Crippen molar-refractivity contribution in [1.82, 2.24) is 21.3 Å². The molecule has 1 atom stereocenters. The molecule has 0 spiro atoms. The minimum Gasteiger partial charge on any atom is -0.256 e. The number of nitrogens with zero attached hydrogens (tertiary/aromatic N) is 2. The third-order valence-electron chi connectivity index (χ3n) is 2.49. The second kappa shape index (κ2) is 6.54. The molecule has 0 aromatic heterocycles. The van der Waals surface area contributed by atoms with E-state index >= 15 is 0 Å². The maximum absolute atomic E-state index is 5.50. The summed E-state index contributed by atoms with van der Waals surface area (Å²) in [7, 11) is 0. The molecule has 0 radical (unpaired) electrons. The Balaban J connectivity index is 2.80. The smallest absolute Gasteiger partial charge is 0.0651 e. The third-order valence-corrected chi connectivity index (χ3v) is 2.49. The molecular weight excluding hydrogens is 204 g/mol. The Morgan fingerprint density at radius 2 is 1.81 bits per heavy atom. The summed E-state index contributed by atoms with van der Waals surface area (Å²) in [5.74, 6) is 10.9. The van der Waals surface area contributed by atoms with Gasteiger partial charge in [0.25, 0.3) is 0 Å². The van der Waals surface area contributed by atoms with Crippen molar-refractivity contribution in [1.29, 1.82) is 0 Å². The van der Waals surface area contributed by atoms with Gasteiger partial charge in [-0.2, -0.15) is 11.1 Å². The molecule has 1 rings (SSSR count). The zero-order chi connectivity index (χ0) is 12.0. The number of hydrazine groups is 5. The maximum atomic E-state index is 5.50. The Labute approximate surface area is 96.0 Å². The lowest BCUT2D eigenvalue weighted by Gasteiger charge is -2.36. The standard InChI is InChI=1S/C10H20N6/c1-3-15(13-11)16(14-12)9(2)10-7-5-4-6-8-10/h4-9,13-14H,3,11-12H2,1-2H3. The molecule has 0 aliphatic heterocycles. The fourth-order valence-corrected chi connectivity index (χ4v) is 1.57. The fraction of sp³-hybridized carbons (Fsp3) is 0.400. The minimum absolute atomic E-state index is 0.0715. The van der Waals surface area contributed by atoms with Gasteiger partial charge in [0.15, 0.2) is 0 Å². The first-order valence-corrected chi connectivity index (χ1v) is 5.28. The second-order valence-corrected chi connectivity index (χ2v) is 3.41. The highest BCUT2D eigenvalue weighted by Crippen LogP contribution is 2.18. The average molecular weight is 224 g/mol. The van der Waals surface area contributed by atoms with Crippen molar-refractivity contribution < 1.29 is 0 Å². The van der Waals surface area contributed by atoms with Crippen LogP contribution in [0.2, 0.25) is 0 Å². The second-order valence-electron chi connectivity index (χ2n) is 3.41. The molecular formula is C10H20N6. The maximum Gasteiger partial charge on any atom is 0.0651 e. The van der Waals surface area contributed by atoms with Gasteiger partial charge in [-0.1, -0.05) is 30.3 Å². The van der Waals surface area contributed by atoms with Gasteiger partial charge in [-0.05, 0) is 19.4 Å². The summed E-state index contributed by atoms with van der Waals surface area (Å²) in [6.07, 6.45) is 0. The van der Waals surface area contributed by atoms with Crippen LogP contribution in [0.1, 0.15) is 25.5 Å². The van der Waals surface area contributed by atoms with Crippen molar-refractivity contribution in [2.75, 3.05) is 6.54 Å². The van der Waals surface area contributed by atoms with E-state index in [-0.39, 0.29) is 6.04 Å². The molecule has 6 nitrogen and oxygen atoms in total. The summed E-state index contributed by atoms with van der Waals surface area (Å²) in [6, 6.07) is 10.1. The molecule has 0 bridgehead atoms. The lowest BCUT2D eigenvalue weighted by molar-refractivity contribution is -0.135. The monoisotopic (exact) mass is 224 g/mol. The fourth-order valence-electron chi connectivity index (χ4n) is 1.57. The average Bonchev–Trinajstić information content (AvgIpc) is 2.36. The largest absolute Gasteiger partial charge is 0.256 e. The SMILES string of the molecule is CCN(NN)N(NN)C(C)c1ccccc1. The molecule has 0 heterocycles. The van der Waals surface area contributed by atoms with Gasteiger partial charge in [0.1, 0.15) is 0 Å². The zero-order valence-corrected chi connectivity index (χ0v) is 9.72. The van der Waals surface area contributed by atoms with Crippen LogP contribution < -0.4 is 22.8 Å². The van der Waals surface area contributed by atoms with Crippen LogP contribution in [0.25, 0.3) is 0 Å². The van der Waals surface area contributed by atoms with E-state index in [1.165, 1.54) is 0 Å². The first-order valence-electron chi connectivity index (χ1n) is 5.28. The number of nitrogens with one attached hydrogen (secondary N) is 2. The number of hydrogen-bond donors (Lipinski definition) is 4. The number of rotatable bonds is 6. The van der Waals surface area contributed by atoms with Gasteiger partial charge in [0, 0.05) is 6.54 Å². The molecule has 0 saturated carbocycles. The molecule has 1 aromatic rings. The summed E-state index contributed by atoms with van der Waals surface area (Å²) in [5, 5.41) is 3.42. The summed E-state index contributed by atoms with van der Waals surface area (Å²) >= 11 is 0. The zero-order valence-electron chi connectivity index (χ0n) is 9.72. The number of benzene rings is 1. The Kier molecular flexibility index (Phi) is 5.33. The van der Waals surface area contributed by atoms with Crippen molar-refractivity contribution >= 4 is 0 Å². The van der Waals surface area contributed by atoms with Gasteiger partial charge in [0.05, 0.1) is 6.04 Å². The van der Waals surface area contributed by atoms with Gasteiger partial charge in [-0.3, -0.25) is 11.7 Å². The predicted molar refractivity (Wildman–Crippen MR) is 63.7 cm³/mol. The highest BCUT2D eigenvalue weighted by molar-refractivity contribution is 5.17. The topological polar surface area (TPSA) is 82.6 Å². The van der Waals surface area contributed by atoms with Gasteiger partial charge < -0.3 is 0 Å². The Bertz CT molecular complexity index is 287. The molecule has 0 aliphatic rings. The van der Waals surface area contributed by atoms with Gasteiger partial charge in [-0.25, -0.2) is 0 Å². The van der Waals surface area contributed by atoms with E-state index in [0.717, 1.165) is 5.56 Å². The van der Waals surface area contributed by atoms with E-state index in [9.17, 15) is 0 Å². The molecule has 0 fully saturated rings. The van der Waals surface area contributed by atoms with Crippen molar-refractivity contribution in [3.63, 3.8) is 0 Å². The minimum atomic E-state index is 0.0715. The Hall–Kier alpha value is -1.02. The number of nitrogens with two attached hydrogens (primary N) is 2. The van der Waals surface area contributed by atoms with Crippen molar-refractivity contribution in [3.05, 3.63) is 35.9 Å². The molecule has 90 valence electrons.